The number of amides is 2. The minimum Gasteiger partial charge on any atom is -0.351 e. The van der Waals surface area contributed by atoms with E-state index in [1.165, 1.54) is 11.9 Å². The van der Waals surface area contributed by atoms with Gasteiger partial charge in [-0.1, -0.05) is 23.2 Å². The van der Waals surface area contributed by atoms with Gasteiger partial charge < -0.3 is 10.6 Å². The van der Waals surface area contributed by atoms with Gasteiger partial charge >= 0.3 is 6.03 Å². The third-order valence-corrected chi connectivity index (χ3v) is 2.47. The fourth-order valence-corrected chi connectivity index (χ4v) is 1.88. The minimum atomic E-state index is -0.892. The molecule has 5 nitrogen and oxygen atoms in total. The van der Waals surface area contributed by atoms with Crippen molar-refractivity contribution in [2.75, 3.05) is 11.9 Å². The summed E-state index contributed by atoms with van der Waals surface area (Å²) in [5.41, 5.74) is 5.07. The van der Waals surface area contributed by atoms with Crippen molar-refractivity contribution in [2.24, 2.45) is 5.73 Å². The number of anilines is 1. The van der Waals surface area contributed by atoms with Crippen LogP contribution in [0, 0.1) is 11.2 Å². The van der Waals surface area contributed by atoms with Crippen molar-refractivity contribution < 1.29 is 9.18 Å². The van der Waals surface area contributed by atoms with E-state index in [0.29, 0.717) is 0 Å². The van der Waals surface area contributed by atoms with E-state index in [2.05, 4.69) is 0 Å². The molecule has 2 amide bonds. The average molecular weight is 279 g/mol. The van der Waals surface area contributed by atoms with Crippen LogP contribution in [0.4, 0.5) is 14.9 Å². The highest BCUT2D eigenvalue weighted by Gasteiger charge is 2.16. The highest BCUT2D eigenvalue weighted by molar-refractivity contribution is 6.40. The molecule has 0 bridgehead atoms. The predicted octanol–water partition coefficient (Wildman–Crippen LogP) is 2.17. The van der Waals surface area contributed by atoms with E-state index in [1.54, 1.807) is 0 Å². The van der Waals surface area contributed by atoms with Gasteiger partial charge in [-0.3, -0.25) is 10.7 Å². The maximum Gasteiger partial charge on any atom is 0.318 e. The first-order chi connectivity index (χ1) is 7.82. The maximum atomic E-state index is 13.0. The number of nitrogens with two attached hydrogens (primary N) is 1. The molecule has 0 aromatic heterocycles. The molecule has 92 valence electrons. The Kier molecular flexibility index (Phi) is 4.14. The molecule has 0 spiro atoms. The van der Waals surface area contributed by atoms with Gasteiger partial charge in [-0.05, 0) is 12.1 Å². The topological polar surface area (TPSA) is 82.2 Å². The first kappa shape index (κ1) is 13.5. The van der Waals surface area contributed by atoms with Gasteiger partial charge in [0.2, 0.25) is 5.96 Å². The monoisotopic (exact) mass is 278 g/mol. The van der Waals surface area contributed by atoms with Crippen LogP contribution in [0.1, 0.15) is 0 Å². The van der Waals surface area contributed by atoms with Gasteiger partial charge in [-0.25, -0.2) is 9.18 Å². The molecule has 1 aromatic rings. The zero-order chi connectivity index (χ0) is 13.2. The Morgan fingerprint density at radius 3 is 2.35 bits per heavy atom. The molecule has 0 saturated heterocycles. The average Bonchev–Trinajstić information content (AvgIpc) is 2.14. The molecule has 0 aliphatic heterocycles. The number of nitrogens with zero attached hydrogens (tertiary/aromatic N) is 1. The lowest BCUT2D eigenvalue weighted by Crippen LogP contribution is -2.44. The molecule has 8 heteroatoms. The first-order valence-electron chi connectivity index (χ1n) is 4.36. The summed E-state index contributed by atoms with van der Waals surface area (Å²) in [6.07, 6.45) is 0. The van der Waals surface area contributed by atoms with Gasteiger partial charge in [-0.2, -0.15) is 0 Å². The van der Waals surface area contributed by atoms with Gasteiger partial charge in [0.1, 0.15) is 5.82 Å². The third-order valence-electron chi connectivity index (χ3n) is 1.89. The molecule has 0 saturated carbocycles. The summed E-state index contributed by atoms with van der Waals surface area (Å²) < 4.78 is 13.0. The Balaban J connectivity index is 3.08. The van der Waals surface area contributed by atoms with Crippen molar-refractivity contribution in [1.29, 1.82) is 5.41 Å². The Labute approximate surface area is 107 Å². The molecule has 1 rings (SSSR count). The van der Waals surface area contributed by atoms with E-state index < -0.39 is 11.8 Å². The van der Waals surface area contributed by atoms with Crippen LogP contribution < -0.4 is 16.0 Å². The molecule has 4 N–H and O–H groups in total. The van der Waals surface area contributed by atoms with Crippen LogP contribution in [0.5, 0.6) is 0 Å². The summed E-state index contributed by atoms with van der Waals surface area (Å²) >= 11 is 11.6. The summed E-state index contributed by atoms with van der Waals surface area (Å²) in [4.78, 5) is 11.8. The lowest BCUT2D eigenvalue weighted by atomic mass is 10.3. The van der Waals surface area contributed by atoms with E-state index in [1.807, 2.05) is 5.32 Å². The smallest absolute Gasteiger partial charge is 0.318 e. The number of guanidine groups is 1. The lowest BCUT2D eigenvalue weighted by Gasteiger charge is -2.21. The molecule has 0 fully saturated rings. The fraction of sp³-hybridized carbons (Fsp3) is 0.111. The maximum absolute atomic E-state index is 13.0. The van der Waals surface area contributed by atoms with Crippen LogP contribution in [-0.2, 0) is 0 Å². The highest BCUT2D eigenvalue weighted by Crippen LogP contribution is 2.33. The standard InChI is InChI=1S/C9H9Cl2FN4O/c1-16(8(13)15-9(14)17)7-5(10)2-4(12)3-6(7)11/h2-3H,1H3,(H4,13,14,15,17). The van der Waals surface area contributed by atoms with Gasteiger partial charge in [0.05, 0.1) is 15.7 Å². The van der Waals surface area contributed by atoms with Crippen LogP contribution >= 0.6 is 23.2 Å². The second-order valence-electron chi connectivity index (χ2n) is 3.11. The van der Waals surface area contributed by atoms with Crippen LogP contribution in [0.2, 0.25) is 10.0 Å². The normalized spacial score (nSPS) is 9.88. The number of hydrogen-bond acceptors (Lipinski definition) is 2. The predicted molar refractivity (Wildman–Crippen MR) is 65.3 cm³/mol. The number of halogens is 3. The molecule has 17 heavy (non-hydrogen) atoms. The second kappa shape index (κ2) is 5.20. The number of urea groups is 1. The van der Waals surface area contributed by atoms with Gasteiger partial charge in [0.25, 0.3) is 0 Å². The van der Waals surface area contributed by atoms with Gasteiger partial charge in [0.15, 0.2) is 0 Å². The molecule has 1 aromatic carbocycles. The van der Waals surface area contributed by atoms with Crippen molar-refractivity contribution in [2.45, 2.75) is 0 Å². The van der Waals surface area contributed by atoms with E-state index in [0.717, 1.165) is 12.1 Å². The summed E-state index contributed by atoms with van der Waals surface area (Å²) in [5.74, 6) is -0.917. The van der Waals surface area contributed by atoms with Crippen LogP contribution in [-0.4, -0.2) is 19.0 Å². The minimum absolute atomic E-state index is 0.0218. The Hall–Kier alpha value is -1.53. The van der Waals surface area contributed by atoms with Crippen LogP contribution in [0.25, 0.3) is 0 Å². The summed E-state index contributed by atoms with van der Waals surface area (Å²) in [6, 6.07) is 1.21. The Bertz CT molecular complexity index is 457. The van der Waals surface area contributed by atoms with E-state index in [4.69, 9.17) is 34.3 Å². The van der Waals surface area contributed by atoms with Gasteiger partial charge in [0, 0.05) is 7.05 Å². The summed E-state index contributed by atoms with van der Waals surface area (Å²) in [5, 5.41) is 9.60. The Morgan fingerprint density at radius 1 is 1.47 bits per heavy atom. The molecule has 0 aliphatic carbocycles. The second-order valence-corrected chi connectivity index (χ2v) is 3.93. The number of rotatable bonds is 1. The van der Waals surface area contributed by atoms with E-state index in [-0.39, 0.29) is 21.7 Å². The number of hydrogen-bond donors (Lipinski definition) is 3. The van der Waals surface area contributed by atoms with Crippen molar-refractivity contribution >= 4 is 40.9 Å². The number of benzene rings is 1. The molecule has 0 radical (unpaired) electrons. The largest absolute Gasteiger partial charge is 0.351 e. The third kappa shape index (κ3) is 3.21. The highest BCUT2D eigenvalue weighted by atomic mass is 35.5. The molecular weight excluding hydrogens is 270 g/mol. The molecule has 0 aliphatic rings. The quantitative estimate of drug-likeness (QED) is 0.544. The van der Waals surface area contributed by atoms with E-state index >= 15 is 0 Å². The van der Waals surface area contributed by atoms with Crippen molar-refractivity contribution in [1.82, 2.24) is 5.32 Å². The summed E-state index contributed by atoms with van der Waals surface area (Å²) in [6.45, 7) is 0. The first-order valence-corrected chi connectivity index (χ1v) is 5.11. The molecular formula is C9H9Cl2FN4O. The number of carbonyl (C=O) groups excluding carboxylic acids is 1. The fourth-order valence-electron chi connectivity index (χ4n) is 1.17. The zero-order valence-electron chi connectivity index (χ0n) is 8.72. The molecule has 0 heterocycles. The summed E-state index contributed by atoms with van der Waals surface area (Å²) in [7, 11) is 1.43. The number of nitrogens with one attached hydrogen (secondary N) is 2. The lowest BCUT2D eigenvalue weighted by molar-refractivity contribution is 0.253. The molecule has 0 unspecified atom stereocenters. The van der Waals surface area contributed by atoms with Crippen molar-refractivity contribution in [3.63, 3.8) is 0 Å². The Morgan fingerprint density at radius 2 is 1.94 bits per heavy atom. The number of primary amides is 1. The van der Waals surface area contributed by atoms with Crippen molar-refractivity contribution in [3.8, 4) is 0 Å². The van der Waals surface area contributed by atoms with Gasteiger partial charge in [-0.15, -0.1) is 0 Å². The molecule has 0 atom stereocenters. The van der Waals surface area contributed by atoms with E-state index in [9.17, 15) is 9.18 Å². The zero-order valence-corrected chi connectivity index (χ0v) is 10.2. The number of carbonyl (C=O) groups is 1. The van der Waals surface area contributed by atoms with Crippen LogP contribution in [0.15, 0.2) is 12.1 Å². The van der Waals surface area contributed by atoms with Crippen LogP contribution in [0.3, 0.4) is 0 Å². The SMILES string of the molecule is CN(C(=N)NC(N)=O)c1c(Cl)cc(F)cc1Cl. The van der Waals surface area contributed by atoms with Crippen molar-refractivity contribution in [3.05, 3.63) is 28.0 Å².